The average Bonchev–Trinajstić information content (AvgIpc) is 2.79. The van der Waals surface area contributed by atoms with E-state index in [9.17, 15) is 0 Å². The maximum absolute atomic E-state index is 8.67. The number of nitrogens with one attached hydrogen (secondary N) is 1. The van der Waals surface area contributed by atoms with E-state index in [1.165, 1.54) is 4.88 Å². The van der Waals surface area contributed by atoms with Gasteiger partial charge < -0.3 is 10.2 Å². The van der Waals surface area contributed by atoms with Crippen LogP contribution in [0.25, 0.3) is 0 Å². The zero-order chi connectivity index (χ0) is 12.7. The highest BCUT2D eigenvalue weighted by Crippen LogP contribution is 2.21. The van der Waals surface area contributed by atoms with Crippen molar-refractivity contribution in [2.75, 3.05) is 24.5 Å². The fourth-order valence-electron chi connectivity index (χ4n) is 1.48. The van der Waals surface area contributed by atoms with Crippen molar-refractivity contribution in [3.05, 3.63) is 11.1 Å². The van der Waals surface area contributed by atoms with Gasteiger partial charge in [-0.2, -0.15) is 5.26 Å². The molecule has 0 radical (unpaired) electrons. The summed E-state index contributed by atoms with van der Waals surface area (Å²) in [5.74, 6) is 0.0603. The smallest absolute Gasteiger partial charge is 0.185 e. The van der Waals surface area contributed by atoms with Crippen LogP contribution in [0.2, 0.25) is 0 Å². The van der Waals surface area contributed by atoms with Crippen molar-refractivity contribution in [3.63, 3.8) is 0 Å². The highest BCUT2D eigenvalue weighted by molar-refractivity contribution is 7.15. The van der Waals surface area contributed by atoms with E-state index in [1.54, 1.807) is 11.3 Å². The van der Waals surface area contributed by atoms with Gasteiger partial charge in [-0.3, -0.25) is 0 Å². The molecule has 5 heteroatoms. The first kappa shape index (κ1) is 13.9. The molecule has 0 bridgehead atoms. The van der Waals surface area contributed by atoms with Crippen LogP contribution in [-0.2, 0) is 6.54 Å². The molecule has 0 saturated heterocycles. The van der Waals surface area contributed by atoms with Gasteiger partial charge in [0.25, 0.3) is 0 Å². The van der Waals surface area contributed by atoms with E-state index in [0.29, 0.717) is 0 Å². The number of anilines is 1. The van der Waals surface area contributed by atoms with E-state index in [4.69, 9.17) is 5.26 Å². The summed E-state index contributed by atoms with van der Waals surface area (Å²) in [5.41, 5.74) is 0. The van der Waals surface area contributed by atoms with Gasteiger partial charge in [0.15, 0.2) is 5.13 Å². The molecule has 0 aliphatic rings. The summed E-state index contributed by atoms with van der Waals surface area (Å²) in [6.45, 7) is 9.69. The molecule has 0 saturated carbocycles. The minimum atomic E-state index is 0.0603. The van der Waals surface area contributed by atoms with Crippen LogP contribution < -0.4 is 10.2 Å². The van der Waals surface area contributed by atoms with Crippen molar-refractivity contribution in [1.82, 2.24) is 10.3 Å². The van der Waals surface area contributed by atoms with Gasteiger partial charge in [-0.1, -0.05) is 0 Å². The number of hydrogen-bond donors (Lipinski definition) is 1. The first-order valence-electron chi connectivity index (χ1n) is 6.01. The van der Waals surface area contributed by atoms with Crippen molar-refractivity contribution in [3.8, 4) is 6.07 Å². The molecule has 1 N–H and O–H groups in total. The second-order valence-corrected chi connectivity index (χ2v) is 5.04. The zero-order valence-electron chi connectivity index (χ0n) is 10.7. The van der Waals surface area contributed by atoms with Gasteiger partial charge in [-0.05, 0) is 20.8 Å². The molecule has 4 nitrogen and oxygen atoms in total. The van der Waals surface area contributed by atoms with Crippen molar-refractivity contribution in [2.45, 2.75) is 27.3 Å². The minimum Gasteiger partial charge on any atom is -0.349 e. The molecule has 0 fully saturated rings. The number of thiazole rings is 1. The topological polar surface area (TPSA) is 52.0 Å². The summed E-state index contributed by atoms with van der Waals surface area (Å²) < 4.78 is 0. The van der Waals surface area contributed by atoms with Crippen LogP contribution >= 0.6 is 11.3 Å². The van der Waals surface area contributed by atoms with Crippen LogP contribution in [0.3, 0.4) is 0 Å². The summed E-state index contributed by atoms with van der Waals surface area (Å²) in [7, 11) is 0. The summed E-state index contributed by atoms with van der Waals surface area (Å²) in [5, 5.41) is 13.0. The molecule has 0 spiro atoms. The Morgan fingerprint density at radius 3 is 2.82 bits per heavy atom. The molecule has 1 aromatic heterocycles. The molecule has 94 valence electrons. The summed E-state index contributed by atoms with van der Waals surface area (Å²) >= 11 is 1.72. The minimum absolute atomic E-state index is 0.0603. The van der Waals surface area contributed by atoms with Gasteiger partial charge in [0, 0.05) is 37.3 Å². The van der Waals surface area contributed by atoms with Crippen molar-refractivity contribution < 1.29 is 0 Å². The standard InChI is InChI=1S/C12H20N4S/c1-4-16(5-2)12-15-9-11(17-12)8-14-7-10(3)6-13/h9-10,14H,4-5,7-8H2,1-3H3. The number of nitrogens with zero attached hydrogens (tertiary/aromatic N) is 3. The van der Waals surface area contributed by atoms with E-state index < -0.39 is 0 Å². The number of hydrogen-bond acceptors (Lipinski definition) is 5. The lowest BCUT2D eigenvalue weighted by Gasteiger charge is -2.16. The van der Waals surface area contributed by atoms with Gasteiger partial charge in [0.05, 0.1) is 12.0 Å². The quantitative estimate of drug-likeness (QED) is 0.808. The van der Waals surface area contributed by atoms with E-state index in [2.05, 4.69) is 35.1 Å². The highest BCUT2D eigenvalue weighted by Gasteiger charge is 2.07. The molecule has 1 atom stereocenters. The van der Waals surface area contributed by atoms with Gasteiger partial charge in [0.2, 0.25) is 0 Å². The number of aromatic nitrogens is 1. The van der Waals surface area contributed by atoms with Gasteiger partial charge >= 0.3 is 0 Å². The first-order valence-corrected chi connectivity index (χ1v) is 6.82. The highest BCUT2D eigenvalue weighted by atomic mass is 32.1. The van der Waals surface area contributed by atoms with Crippen LogP contribution in [0.4, 0.5) is 5.13 Å². The Hall–Kier alpha value is -1.12. The number of rotatable bonds is 7. The third-order valence-corrected chi connectivity index (χ3v) is 3.60. The molecular weight excluding hydrogens is 232 g/mol. The molecule has 1 rings (SSSR count). The lowest BCUT2D eigenvalue weighted by atomic mass is 10.2. The Morgan fingerprint density at radius 1 is 1.53 bits per heavy atom. The maximum atomic E-state index is 8.67. The fourth-order valence-corrected chi connectivity index (χ4v) is 2.48. The van der Waals surface area contributed by atoms with Crippen LogP contribution in [0.15, 0.2) is 6.20 Å². The first-order chi connectivity index (χ1) is 8.21. The fraction of sp³-hybridized carbons (Fsp3) is 0.667. The Labute approximate surface area is 107 Å². The molecule has 1 unspecified atom stereocenters. The molecular formula is C12H20N4S. The van der Waals surface area contributed by atoms with Crippen LogP contribution in [0.1, 0.15) is 25.6 Å². The normalized spacial score (nSPS) is 12.1. The largest absolute Gasteiger partial charge is 0.349 e. The summed E-state index contributed by atoms with van der Waals surface area (Å²) in [6, 6.07) is 2.21. The Bertz CT molecular complexity index is 365. The van der Waals surface area contributed by atoms with Crippen molar-refractivity contribution in [2.24, 2.45) is 5.92 Å². The Balaban J connectivity index is 2.43. The number of nitriles is 1. The summed E-state index contributed by atoms with van der Waals surface area (Å²) in [6.07, 6.45) is 1.92. The van der Waals surface area contributed by atoms with E-state index in [1.807, 2.05) is 13.1 Å². The molecule has 0 aliphatic carbocycles. The molecule has 1 aromatic rings. The second-order valence-electron chi connectivity index (χ2n) is 3.94. The zero-order valence-corrected chi connectivity index (χ0v) is 11.5. The molecule has 0 amide bonds. The van der Waals surface area contributed by atoms with E-state index in [-0.39, 0.29) is 5.92 Å². The van der Waals surface area contributed by atoms with Crippen LogP contribution in [-0.4, -0.2) is 24.6 Å². The van der Waals surface area contributed by atoms with Crippen LogP contribution in [0, 0.1) is 17.2 Å². The molecule has 0 aliphatic heterocycles. The van der Waals surface area contributed by atoms with Gasteiger partial charge in [0.1, 0.15) is 0 Å². The lowest BCUT2D eigenvalue weighted by molar-refractivity contribution is 0.605. The van der Waals surface area contributed by atoms with E-state index >= 15 is 0 Å². The second kappa shape index (κ2) is 7.25. The SMILES string of the molecule is CCN(CC)c1ncc(CNCC(C)C#N)s1. The van der Waals surface area contributed by atoms with Gasteiger partial charge in [-0.25, -0.2) is 4.98 Å². The molecule has 1 heterocycles. The van der Waals surface area contributed by atoms with Crippen molar-refractivity contribution in [1.29, 1.82) is 5.26 Å². The Kier molecular flexibility index (Phi) is 5.95. The molecule has 17 heavy (non-hydrogen) atoms. The van der Waals surface area contributed by atoms with Gasteiger partial charge in [-0.15, -0.1) is 11.3 Å². The Morgan fingerprint density at radius 2 is 2.24 bits per heavy atom. The van der Waals surface area contributed by atoms with E-state index in [0.717, 1.165) is 31.3 Å². The maximum Gasteiger partial charge on any atom is 0.185 e. The average molecular weight is 252 g/mol. The monoisotopic (exact) mass is 252 g/mol. The summed E-state index contributed by atoms with van der Waals surface area (Å²) in [4.78, 5) is 7.88. The van der Waals surface area contributed by atoms with Crippen LogP contribution in [0.5, 0.6) is 0 Å². The predicted octanol–water partition coefficient (Wildman–Crippen LogP) is 2.24. The third kappa shape index (κ3) is 4.33. The predicted molar refractivity (Wildman–Crippen MR) is 72.2 cm³/mol. The van der Waals surface area contributed by atoms with Crippen molar-refractivity contribution >= 4 is 16.5 Å². The third-order valence-electron chi connectivity index (χ3n) is 2.55. The lowest BCUT2D eigenvalue weighted by Crippen LogP contribution is -2.21. The molecule has 0 aromatic carbocycles.